The first-order valence-electron chi connectivity index (χ1n) is 20.5. The number of rotatable bonds is 19. The molecule has 2 saturated carbocycles. The van der Waals surface area contributed by atoms with E-state index in [1.807, 2.05) is 54.6 Å². The molecule has 4 aromatic rings. The number of sulfonamides is 1. The summed E-state index contributed by atoms with van der Waals surface area (Å²) >= 11 is 0. The Labute approximate surface area is 350 Å². The van der Waals surface area contributed by atoms with Crippen LogP contribution in [0.15, 0.2) is 104 Å². The summed E-state index contributed by atoms with van der Waals surface area (Å²) in [5, 5.41) is 6.79. The van der Waals surface area contributed by atoms with Gasteiger partial charge in [0, 0.05) is 41.1 Å². The van der Waals surface area contributed by atoms with Gasteiger partial charge in [-0.25, -0.2) is 17.8 Å². The summed E-state index contributed by atoms with van der Waals surface area (Å²) in [7, 11) is -2.44. The van der Waals surface area contributed by atoms with E-state index in [0.29, 0.717) is 59.5 Å². The number of nitrogens with zero attached hydrogens (tertiary/aromatic N) is 2. The number of hydrogen-bond donors (Lipinski definition) is 3. The number of carbonyl (C=O) groups excluding carboxylic acids is 3. The topological polar surface area (TPSA) is 156 Å². The quantitative estimate of drug-likeness (QED) is 0.0664. The van der Waals surface area contributed by atoms with Gasteiger partial charge in [0.15, 0.2) is 0 Å². The van der Waals surface area contributed by atoms with Gasteiger partial charge in [-0.2, -0.15) is 0 Å². The third-order valence-electron chi connectivity index (χ3n) is 11.9. The van der Waals surface area contributed by atoms with Crippen molar-refractivity contribution in [2.24, 2.45) is 5.92 Å². The van der Waals surface area contributed by atoms with Gasteiger partial charge in [0.1, 0.15) is 41.0 Å². The van der Waals surface area contributed by atoms with Crippen molar-refractivity contribution in [1.82, 2.24) is 19.9 Å². The normalized spacial score (nSPS) is 22.0. The molecule has 0 unspecified atom stereocenters. The molecule has 0 spiro atoms. The first kappa shape index (κ1) is 42.4. The fourth-order valence-corrected chi connectivity index (χ4v) is 9.19. The maximum atomic E-state index is 14.8. The minimum absolute atomic E-state index is 0.00612. The van der Waals surface area contributed by atoms with Gasteiger partial charge in [-0.15, -0.1) is 13.2 Å². The van der Waals surface area contributed by atoms with E-state index in [9.17, 15) is 27.2 Å². The van der Waals surface area contributed by atoms with Crippen molar-refractivity contribution in [3.05, 3.63) is 110 Å². The van der Waals surface area contributed by atoms with Crippen LogP contribution < -0.4 is 24.8 Å². The molecular weight excluding hydrogens is 786 g/mol. The molecule has 5 atom stereocenters. The van der Waals surface area contributed by atoms with E-state index in [0.717, 1.165) is 24.8 Å². The van der Waals surface area contributed by atoms with Crippen molar-refractivity contribution in [2.75, 3.05) is 19.0 Å². The lowest BCUT2D eigenvalue weighted by molar-refractivity contribution is -0.140. The Morgan fingerprint density at radius 3 is 2.48 bits per heavy atom. The molecule has 2 aliphatic carbocycles. The highest BCUT2D eigenvalue weighted by Gasteiger charge is 2.63. The molecule has 3 N–H and O–H groups in total. The Kier molecular flexibility index (Phi) is 12.3. The maximum Gasteiger partial charge on any atom is 0.259 e. The number of nitrogens with one attached hydrogen (secondary N) is 3. The number of pyridine rings is 1. The number of methoxy groups -OCH3 is 1. The average molecular weight is 838 g/mol. The van der Waals surface area contributed by atoms with Gasteiger partial charge >= 0.3 is 0 Å². The van der Waals surface area contributed by atoms with Gasteiger partial charge < -0.3 is 25.0 Å². The third-order valence-corrected chi connectivity index (χ3v) is 14.1. The lowest BCUT2D eigenvalue weighted by Gasteiger charge is -2.30. The van der Waals surface area contributed by atoms with Crippen molar-refractivity contribution in [2.45, 2.75) is 93.2 Å². The molecule has 1 aromatic heterocycles. The molecule has 3 amide bonds. The highest BCUT2D eigenvalue weighted by molar-refractivity contribution is 7.91. The zero-order valence-electron chi connectivity index (χ0n) is 34.0. The number of carbonyl (C=O) groups is 3. The van der Waals surface area contributed by atoms with Crippen LogP contribution in [0.4, 0.5) is 10.1 Å². The second-order valence-electron chi connectivity index (χ2n) is 16.3. The number of amides is 3. The molecule has 14 heteroatoms. The fourth-order valence-electron chi connectivity index (χ4n) is 7.88. The standard InChI is InChI=1S/C46H52FN5O7S/c1-5-7-8-9-13-19-37(48-33-18-14-17-32(47)24-33)43(54)52-29-35(59-41-27-38(30-15-11-10-12-16-30)49-39-25-34(58-4)20-21-36(39)41)26-40(52)42(53)50-46(28-31(46)6-2)44(55)51-60(56,57)45(3)22-23-45/h5-6,10-12,14-18,20-21,24-25,27,31,35,37,40,48H,1-2,7-9,13,19,22-23,26,28-29H2,3-4H3,(H,50,53)(H,51,55)/t31-,35-,37+,40+,46-/m1/s1. The first-order chi connectivity index (χ1) is 28.8. The van der Waals surface area contributed by atoms with Crippen molar-refractivity contribution in [1.29, 1.82) is 0 Å². The van der Waals surface area contributed by atoms with Gasteiger partial charge in [0.2, 0.25) is 21.8 Å². The van der Waals surface area contributed by atoms with Crippen LogP contribution in [-0.4, -0.2) is 78.2 Å². The molecule has 3 aliphatic rings. The summed E-state index contributed by atoms with van der Waals surface area (Å²) in [6, 6.07) is 20.8. The number of ether oxygens (including phenoxy) is 2. The molecule has 0 bridgehead atoms. The van der Waals surface area contributed by atoms with Crippen LogP contribution in [-0.2, 0) is 24.4 Å². The molecule has 12 nitrogen and oxygen atoms in total. The van der Waals surface area contributed by atoms with Crippen molar-refractivity contribution >= 4 is 44.3 Å². The molecule has 1 aliphatic heterocycles. The number of hydrogen-bond acceptors (Lipinski definition) is 9. The highest BCUT2D eigenvalue weighted by Crippen LogP contribution is 2.47. The Hall–Kier alpha value is -5.76. The number of fused-ring (bicyclic) bond motifs is 1. The lowest BCUT2D eigenvalue weighted by atomic mass is 10.0. The average Bonchev–Trinajstić information content (AvgIpc) is 4.13. The van der Waals surface area contributed by atoms with Gasteiger partial charge in [-0.05, 0) is 75.8 Å². The van der Waals surface area contributed by atoms with Gasteiger partial charge in [0.25, 0.3) is 5.91 Å². The van der Waals surface area contributed by atoms with E-state index in [-0.39, 0.29) is 19.4 Å². The Morgan fingerprint density at radius 2 is 1.80 bits per heavy atom. The molecule has 0 radical (unpaired) electrons. The molecule has 2 heterocycles. The molecule has 1 saturated heterocycles. The SMILES string of the molecule is C=CCCCCC[C@H](Nc1cccc(F)c1)C(=O)N1C[C@H](Oc2cc(-c3ccccc3)nc3cc(OC)ccc23)C[C@H]1C(=O)N[C@]1(C(=O)NS(=O)(=O)C2(C)CC2)C[C@H]1C=C. The highest BCUT2D eigenvalue weighted by atomic mass is 32.2. The molecule has 7 rings (SSSR count). The van der Waals surface area contributed by atoms with Crippen LogP contribution in [0.5, 0.6) is 11.5 Å². The summed E-state index contributed by atoms with van der Waals surface area (Å²) in [6.07, 6.45) is 7.31. The van der Waals surface area contributed by atoms with Crippen LogP contribution in [0, 0.1) is 11.7 Å². The number of likely N-dealkylation sites (tertiary alicyclic amines) is 1. The van der Waals surface area contributed by atoms with Gasteiger partial charge in [-0.1, -0.05) is 61.4 Å². The van der Waals surface area contributed by atoms with Crippen molar-refractivity contribution < 1.29 is 36.7 Å². The van der Waals surface area contributed by atoms with E-state index in [4.69, 9.17) is 14.5 Å². The second-order valence-corrected chi connectivity index (χ2v) is 18.5. The number of unbranched alkanes of at least 4 members (excludes halogenated alkanes) is 3. The molecule has 3 fully saturated rings. The minimum Gasteiger partial charge on any atom is -0.497 e. The monoisotopic (exact) mass is 837 g/mol. The van der Waals surface area contributed by atoms with E-state index in [1.165, 1.54) is 23.1 Å². The Bertz CT molecular complexity index is 2390. The molecular formula is C46H52FN5O7S. The van der Waals surface area contributed by atoms with Crippen LogP contribution >= 0.6 is 0 Å². The first-order valence-corrected chi connectivity index (χ1v) is 21.9. The maximum absolute atomic E-state index is 14.8. The third kappa shape index (κ3) is 9.03. The summed E-state index contributed by atoms with van der Waals surface area (Å²) in [4.78, 5) is 49.6. The summed E-state index contributed by atoms with van der Waals surface area (Å²) in [6.45, 7) is 9.21. The Morgan fingerprint density at radius 1 is 1.02 bits per heavy atom. The fraction of sp³-hybridized carbons (Fsp3) is 0.391. The molecule has 3 aromatic carbocycles. The van der Waals surface area contributed by atoms with Crippen LogP contribution in [0.2, 0.25) is 0 Å². The predicted octanol–water partition coefficient (Wildman–Crippen LogP) is 7.07. The number of anilines is 1. The van der Waals surface area contributed by atoms with Crippen LogP contribution in [0.25, 0.3) is 22.2 Å². The van der Waals surface area contributed by atoms with Crippen LogP contribution in [0.1, 0.15) is 64.7 Å². The smallest absolute Gasteiger partial charge is 0.259 e. The number of aromatic nitrogens is 1. The number of halogens is 1. The molecule has 316 valence electrons. The van der Waals surface area contributed by atoms with Crippen molar-refractivity contribution in [3.63, 3.8) is 0 Å². The summed E-state index contributed by atoms with van der Waals surface area (Å²) in [5.41, 5.74) is 0.963. The van der Waals surface area contributed by atoms with E-state index < -0.39 is 68.0 Å². The minimum atomic E-state index is -4.01. The van der Waals surface area contributed by atoms with Gasteiger partial charge in [0.05, 0.1) is 29.6 Å². The van der Waals surface area contributed by atoms with E-state index in [1.54, 1.807) is 32.2 Å². The predicted molar refractivity (Wildman–Crippen MR) is 229 cm³/mol. The van der Waals surface area contributed by atoms with Crippen molar-refractivity contribution in [3.8, 4) is 22.8 Å². The largest absolute Gasteiger partial charge is 0.497 e. The Balaban J connectivity index is 1.21. The van der Waals surface area contributed by atoms with Gasteiger partial charge in [-0.3, -0.25) is 19.1 Å². The van der Waals surface area contributed by atoms with Crippen LogP contribution in [0.3, 0.4) is 0 Å². The summed E-state index contributed by atoms with van der Waals surface area (Å²) < 4.78 is 54.1. The van der Waals surface area contributed by atoms with E-state index >= 15 is 0 Å². The molecule has 60 heavy (non-hydrogen) atoms. The van der Waals surface area contributed by atoms with E-state index in [2.05, 4.69) is 28.5 Å². The summed E-state index contributed by atoms with van der Waals surface area (Å²) in [5.74, 6) is -1.78. The number of benzene rings is 3. The zero-order valence-corrected chi connectivity index (χ0v) is 34.8. The zero-order chi connectivity index (χ0) is 42.7. The number of allylic oxidation sites excluding steroid dienone is 1. The second kappa shape index (κ2) is 17.5. The lowest BCUT2D eigenvalue weighted by Crippen LogP contribution is -2.58.